The van der Waals surface area contributed by atoms with Crippen molar-refractivity contribution in [3.05, 3.63) is 86.3 Å². The van der Waals surface area contributed by atoms with E-state index in [9.17, 15) is 10.1 Å². The Morgan fingerprint density at radius 2 is 1.94 bits per heavy atom. The Labute approximate surface area is 191 Å². The van der Waals surface area contributed by atoms with Crippen LogP contribution in [0.25, 0.3) is 0 Å². The molecule has 1 atom stereocenters. The van der Waals surface area contributed by atoms with Gasteiger partial charge in [0.2, 0.25) is 0 Å². The number of Topliss-reactive ketones (excluding diaryl/α,β-unsaturated/α-hetero) is 1. The van der Waals surface area contributed by atoms with Gasteiger partial charge in [-0.15, -0.1) is 0 Å². The van der Waals surface area contributed by atoms with Crippen LogP contribution in [0.5, 0.6) is 5.75 Å². The number of rotatable bonds is 4. The van der Waals surface area contributed by atoms with Gasteiger partial charge in [0, 0.05) is 29.8 Å². The van der Waals surface area contributed by atoms with E-state index >= 15 is 0 Å². The minimum absolute atomic E-state index is 0.0533. The molecule has 0 fully saturated rings. The van der Waals surface area contributed by atoms with E-state index in [1.165, 1.54) is 0 Å². The highest BCUT2D eigenvalue weighted by atomic mass is 35.5. The zero-order chi connectivity index (χ0) is 22.1. The molecule has 1 aliphatic heterocycles. The number of hydrogen-bond acceptors (Lipinski definition) is 5. The van der Waals surface area contributed by atoms with Gasteiger partial charge < -0.3 is 15.4 Å². The van der Waals surface area contributed by atoms with Crippen LogP contribution in [0, 0.1) is 11.3 Å². The molecule has 0 unspecified atom stereocenters. The van der Waals surface area contributed by atoms with Gasteiger partial charge >= 0.3 is 0 Å². The van der Waals surface area contributed by atoms with E-state index in [2.05, 4.69) is 6.07 Å². The molecule has 5 nitrogen and oxygen atoms in total. The van der Waals surface area contributed by atoms with Crippen LogP contribution in [-0.4, -0.2) is 17.7 Å². The lowest BCUT2D eigenvalue weighted by atomic mass is 9.76. The Balaban J connectivity index is 1.67. The Bertz CT molecular complexity index is 1150. The molecule has 0 amide bonds. The summed E-state index contributed by atoms with van der Waals surface area (Å²) in [6.45, 7) is 0.342. The van der Waals surface area contributed by atoms with Gasteiger partial charge in [-0.3, -0.25) is 4.79 Å². The molecule has 0 spiro atoms. The number of nitrogens with two attached hydrogens (primary N) is 1. The third-order valence-electron chi connectivity index (χ3n) is 5.77. The second-order valence-electron chi connectivity index (χ2n) is 7.64. The van der Waals surface area contributed by atoms with Crippen LogP contribution in [0.15, 0.2) is 65.1 Å². The molecule has 1 aliphatic carbocycles. The summed E-state index contributed by atoms with van der Waals surface area (Å²) >= 11 is 12.4. The van der Waals surface area contributed by atoms with E-state index in [4.69, 9.17) is 33.7 Å². The monoisotopic (exact) mass is 453 g/mol. The predicted molar refractivity (Wildman–Crippen MR) is 120 cm³/mol. The van der Waals surface area contributed by atoms with Crippen LogP contribution in [0.3, 0.4) is 0 Å². The van der Waals surface area contributed by atoms with Crippen molar-refractivity contribution in [2.45, 2.75) is 31.8 Å². The molecule has 7 heteroatoms. The highest BCUT2D eigenvalue weighted by molar-refractivity contribution is 6.32. The van der Waals surface area contributed by atoms with Crippen molar-refractivity contribution in [2.24, 2.45) is 5.73 Å². The maximum Gasteiger partial charge on any atom is 0.161 e. The molecule has 0 bridgehead atoms. The van der Waals surface area contributed by atoms with Gasteiger partial charge in [0.15, 0.2) is 5.78 Å². The van der Waals surface area contributed by atoms with E-state index in [0.29, 0.717) is 45.8 Å². The van der Waals surface area contributed by atoms with Gasteiger partial charge in [0.05, 0.1) is 22.6 Å². The second-order valence-corrected chi connectivity index (χ2v) is 8.49. The number of halogens is 2. The van der Waals surface area contributed by atoms with Gasteiger partial charge in [-0.05, 0) is 48.2 Å². The normalized spacial score (nSPS) is 18.7. The summed E-state index contributed by atoms with van der Waals surface area (Å²) in [6.07, 6.45) is 2.00. The molecule has 0 radical (unpaired) electrons. The summed E-state index contributed by atoms with van der Waals surface area (Å²) in [6, 6.07) is 15.0. The fraction of sp³-hybridized carbons (Fsp3) is 0.250. The van der Waals surface area contributed by atoms with Crippen molar-refractivity contribution in [1.29, 1.82) is 5.26 Å². The van der Waals surface area contributed by atoms with E-state index in [1.807, 2.05) is 18.2 Å². The fourth-order valence-corrected chi connectivity index (χ4v) is 4.52. The first-order valence-electron chi connectivity index (χ1n) is 9.97. The molecule has 1 heterocycles. The fourth-order valence-electron chi connectivity index (χ4n) is 4.15. The number of carbonyl (C=O) groups is 1. The predicted octanol–water partition coefficient (Wildman–Crippen LogP) is 5.30. The first-order chi connectivity index (χ1) is 14.9. The third-order valence-corrected chi connectivity index (χ3v) is 6.31. The van der Waals surface area contributed by atoms with Crippen molar-refractivity contribution in [3.8, 4) is 11.8 Å². The summed E-state index contributed by atoms with van der Waals surface area (Å²) in [4.78, 5) is 14.6. The molecule has 2 aliphatic rings. The van der Waals surface area contributed by atoms with Gasteiger partial charge in [-0.2, -0.15) is 5.26 Å². The summed E-state index contributed by atoms with van der Waals surface area (Å²) in [5, 5.41) is 10.9. The molecule has 31 heavy (non-hydrogen) atoms. The number of hydrogen-bond donors (Lipinski definition) is 1. The van der Waals surface area contributed by atoms with Crippen molar-refractivity contribution >= 4 is 29.0 Å². The van der Waals surface area contributed by atoms with Crippen molar-refractivity contribution in [3.63, 3.8) is 0 Å². The molecule has 2 aromatic carbocycles. The van der Waals surface area contributed by atoms with Crippen molar-refractivity contribution < 1.29 is 9.53 Å². The van der Waals surface area contributed by atoms with Crippen LogP contribution >= 0.6 is 23.2 Å². The number of nitrogens with zero attached hydrogens (tertiary/aromatic N) is 2. The topological polar surface area (TPSA) is 79.3 Å². The molecule has 0 saturated heterocycles. The highest BCUT2D eigenvalue weighted by Crippen LogP contribution is 2.45. The molecule has 4 rings (SSSR count). The summed E-state index contributed by atoms with van der Waals surface area (Å²) in [7, 11) is 1.80. The SMILES string of the molecule is CN1C(N)=C(C#N)[C@H](c2ccc(OCc3ccc(Cl)cc3)c(Cl)c2)C2=C1CCCC2=O. The standard InChI is InChI=1S/C24H21Cl2N3O2/c1-29-19-3-2-4-20(30)23(19)22(17(12-27)24(29)28)15-7-10-21(18(26)11-15)31-13-14-5-8-16(25)9-6-14/h5-11,22H,2-4,13,28H2,1H3/t22-/m0/s1. The first-order valence-corrected chi connectivity index (χ1v) is 10.7. The van der Waals surface area contributed by atoms with E-state index in [0.717, 1.165) is 29.7 Å². The zero-order valence-corrected chi connectivity index (χ0v) is 18.5. The molecule has 0 aromatic heterocycles. The minimum atomic E-state index is -0.521. The number of ether oxygens (including phenoxy) is 1. The number of allylic oxidation sites excluding steroid dienone is 3. The van der Waals surface area contributed by atoms with Crippen LogP contribution in [-0.2, 0) is 11.4 Å². The molecular formula is C24H21Cl2N3O2. The van der Waals surface area contributed by atoms with E-state index in [1.54, 1.807) is 36.2 Å². The first kappa shape index (κ1) is 21.3. The highest BCUT2D eigenvalue weighted by Gasteiger charge is 2.38. The maximum absolute atomic E-state index is 12.8. The van der Waals surface area contributed by atoms with Crippen LogP contribution < -0.4 is 10.5 Å². The van der Waals surface area contributed by atoms with E-state index < -0.39 is 5.92 Å². The Kier molecular flexibility index (Phi) is 5.95. The lowest BCUT2D eigenvalue weighted by molar-refractivity contribution is -0.116. The second kappa shape index (κ2) is 8.66. The van der Waals surface area contributed by atoms with Gasteiger partial charge in [0.1, 0.15) is 18.2 Å². The average molecular weight is 454 g/mol. The van der Waals surface area contributed by atoms with Crippen LogP contribution in [0.1, 0.15) is 36.3 Å². The number of carbonyl (C=O) groups excluding carboxylic acids is 1. The Morgan fingerprint density at radius 3 is 2.61 bits per heavy atom. The number of ketones is 1. The molecule has 0 saturated carbocycles. The number of benzene rings is 2. The molecule has 158 valence electrons. The van der Waals surface area contributed by atoms with Gasteiger partial charge in [0.25, 0.3) is 0 Å². The smallest absolute Gasteiger partial charge is 0.161 e. The lowest BCUT2D eigenvalue weighted by Gasteiger charge is -2.37. The Hall–Kier alpha value is -2.94. The zero-order valence-electron chi connectivity index (χ0n) is 17.0. The molecular weight excluding hydrogens is 433 g/mol. The van der Waals surface area contributed by atoms with Gasteiger partial charge in [-0.1, -0.05) is 41.4 Å². The van der Waals surface area contributed by atoms with Gasteiger partial charge in [-0.25, -0.2) is 0 Å². The summed E-state index contributed by atoms with van der Waals surface area (Å²) in [5.41, 5.74) is 9.88. The summed E-state index contributed by atoms with van der Waals surface area (Å²) in [5.74, 6) is 0.428. The van der Waals surface area contributed by atoms with E-state index in [-0.39, 0.29) is 5.78 Å². The molecule has 2 N–H and O–H groups in total. The largest absolute Gasteiger partial charge is 0.487 e. The third kappa shape index (κ3) is 4.01. The Morgan fingerprint density at radius 1 is 1.19 bits per heavy atom. The molecule has 2 aromatic rings. The number of nitriles is 1. The van der Waals surface area contributed by atoms with Crippen LogP contribution in [0.2, 0.25) is 10.0 Å². The van der Waals surface area contributed by atoms with Crippen molar-refractivity contribution in [2.75, 3.05) is 7.05 Å². The summed E-state index contributed by atoms with van der Waals surface area (Å²) < 4.78 is 5.86. The van der Waals surface area contributed by atoms with Crippen LogP contribution in [0.4, 0.5) is 0 Å². The minimum Gasteiger partial charge on any atom is -0.487 e. The lowest BCUT2D eigenvalue weighted by Crippen LogP contribution is -2.36. The van der Waals surface area contributed by atoms with Crippen molar-refractivity contribution in [1.82, 2.24) is 4.90 Å². The quantitative estimate of drug-likeness (QED) is 0.678. The maximum atomic E-state index is 12.8. The average Bonchev–Trinajstić information content (AvgIpc) is 2.76.